The molecule has 11 heteroatoms. The number of ether oxygens (including phenoxy) is 1. The molecule has 0 atom stereocenters. The monoisotopic (exact) mass is 493 g/mol. The number of hydrogen-bond donors (Lipinski definition) is 1. The van der Waals surface area contributed by atoms with E-state index in [0.29, 0.717) is 16.6 Å². The Morgan fingerprint density at radius 1 is 1.18 bits per heavy atom. The summed E-state index contributed by atoms with van der Waals surface area (Å²) in [6.07, 6.45) is -4.55. The molecule has 0 fully saturated rings. The highest BCUT2D eigenvalue weighted by molar-refractivity contribution is 7.14. The minimum Gasteiger partial charge on any atom is -0.454 e. The number of halogens is 4. The summed E-state index contributed by atoms with van der Waals surface area (Å²) in [5.74, 6) is -1.20. The topological polar surface area (TPSA) is 75.3 Å². The van der Waals surface area contributed by atoms with E-state index in [-0.39, 0.29) is 28.1 Å². The van der Waals surface area contributed by atoms with Crippen molar-refractivity contribution in [2.45, 2.75) is 19.7 Å². The van der Waals surface area contributed by atoms with Crippen LogP contribution in [0.4, 0.5) is 24.0 Å². The zero-order valence-corrected chi connectivity index (χ0v) is 18.5. The molecule has 4 rings (SSSR count). The lowest BCUT2D eigenvalue weighted by Crippen LogP contribution is -2.23. The SMILES string of the molecule is CC(=O)N(c1cccc(C(F)(F)F)c1)c1nc(COC(=O)c2[nH]c3ccccc3c2Cl)cs1. The van der Waals surface area contributed by atoms with Crippen LogP contribution in [0.2, 0.25) is 5.02 Å². The molecule has 0 aliphatic heterocycles. The Morgan fingerprint density at radius 3 is 2.64 bits per heavy atom. The largest absolute Gasteiger partial charge is 0.454 e. The average Bonchev–Trinajstić information content (AvgIpc) is 3.36. The van der Waals surface area contributed by atoms with Gasteiger partial charge in [-0.25, -0.2) is 9.78 Å². The van der Waals surface area contributed by atoms with Crippen molar-refractivity contribution in [2.24, 2.45) is 0 Å². The lowest BCUT2D eigenvalue weighted by Gasteiger charge is -2.19. The molecular weight excluding hydrogens is 479 g/mol. The van der Waals surface area contributed by atoms with Crippen molar-refractivity contribution in [1.82, 2.24) is 9.97 Å². The Labute approximate surface area is 194 Å². The van der Waals surface area contributed by atoms with Gasteiger partial charge in [-0.05, 0) is 24.3 Å². The highest BCUT2D eigenvalue weighted by Crippen LogP contribution is 2.35. The molecule has 1 N–H and O–H groups in total. The fourth-order valence-electron chi connectivity index (χ4n) is 3.17. The molecule has 0 saturated carbocycles. The first-order valence-corrected chi connectivity index (χ1v) is 10.8. The van der Waals surface area contributed by atoms with E-state index in [4.69, 9.17) is 16.3 Å². The number of amides is 1. The van der Waals surface area contributed by atoms with Gasteiger partial charge in [0.05, 0.1) is 22.0 Å². The van der Waals surface area contributed by atoms with Crippen molar-refractivity contribution in [3.05, 3.63) is 75.9 Å². The van der Waals surface area contributed by atoms with Crippen LogP contribution in [0.25, 0.3) is 10.9 Å². The van der Waals surface area contributed by atoms with Crippen molar-refractivity contribution >= 4 is 56.5 Å². The predicted octanol–water partition coefficient (Wildman–Crippen LogP) is 6.34. The maximum atomic E-state index is 13.1. The number of carbonyl (C=O) groups excluding carboxylic acids is 2. The number of H-pyrrole nitrogens is 1. The van der Waals surface area contributed by atoms with Crippen molar-refractivity contribution in [2.75, 3.05) is 4.90 Å². The Morgan fingerprint density at radius 2 is 1.94 bits per heavy atom. The smallest absolute Gasteiger partial charge is 0.416 e. The third-order valence-corrected chi connectivity index (χ3v) is 5.94. The average molecular weight is 494 g/mol. The second kappa shape index (κ2) is 8.87. The van der Waals surface area contributed by atoms with E-state index < -0.39 is 23.6 Å². The van der Waals surface area contributed by atoms with Gasteiger partial charge in [-0.1, -0.05) is 35.9 Å². The number of hydrogen-bond acceptors (Lipinski definition) is 5. The zero-order chi connectivity index (χ0) is 23.8. The van der Waals surface area contributed by atoms with E-state index in [1.54, 1.807) is 29.6 Å². The number of anilines is 2. The van der Waals surface area contributed by atoms with Gasteiger partial charge in [-0.15, -0.1) is 11.3 Å². The first kappa shape index (κ1) is 22.8. The number of fused-ring (bicyclic) bond motifs is 1. The number of nitrogens with zero attached hydrogens (tertiary/aromatic N) is 2. The van der Waals surface area contributed by atoms with Gasteiger partial charge in [-0.2, -0.15) is 13.2 Å². The van der Waals surface area contributed by atoms with Crippen LogP contribution in [-0.2, 0) is 22.3 Å². The predicted molar refractivity (Wildman–Crippen MR) is 119 cm³/mol. The van der Waals surface area contributed by atoms with E-state index in [1.807, 2.05) is 0 Å². The minimum atomic E-state index is -4.55. The summed E-state index contributed by atoms with van der Waals surface area (Å²) in [5, 5.41) is 2.62. The Balaban J connectivity index is 1.52. The van der Waals surface area contributed by atoms with Crippen LogP contribution in [-0.4, -0.2) is 21.8 Å². The van der Waals surface area contributed by atoms with E-state index in [0.717, 1.165) is 28.4 Å². The van der Waals surface area contributed by atoms with E-state index in [9.17, 15) is 22.8 Å². The molecule has 0 saturated heterocycles. The van der Waals surface area contributed by atoms with E-state index in [1.165, 1.54) is 19.1 Å². The number of aromatic amines is 1. The van der Waals surface area contributed by atoms with Gasteiger partial charge in [0.25, 0.3) is 0 Å². The molecule has 0 aliphatic carbocycles. The first-order chi connectivity index (χ1) is 15.6. The van der Waals surface area contributed by atoms with E-state index in [2.05, 4.69) is 9.97 Å². The fraction of sp³-hybridized carbons (Fsp3) is 0.136. The molecule has 2 heterocycles. The van der Waals surface area contributed by atoms with Crippen molar-refractivity contribution in [3.8, 4) is 0 Å². The minimum absolute atomic E-state index is 0.0278. The summed E-state index contributed by atoms with van der Waals surface area (Å²) in [5.41, 5.74) is 0.257. The standard InChI is InChI=1S/C22H15ClF3N3O3S/c1-12(30)29(15-6-4-5-13(9-15)22(24,25)26)21-27-14(11-33-21)10-32-20(31)19-18(23)16-7-2-3-8-17(16)28-19/h2-9,11,28H,10H2,1H3. The third kappa shape index (κ3) is 4.71. The van der Waals surface area contributed by atoms with Crippen LogP contribution in [0.15, 0.2) is 53.9 Å². The number of nitrogens with one attached hydrogen (secondary N) is 1. The van der Waals surface area contributed by atoms with Crippen LogP contribution >= 0.6 is 22.9 Å². The third-order valence-electron chi connectivity index (χ3n) is 4.68. The second-order valence-electron chi connectivity index (χ2n) is 6.96. The van der Waals surface area contributed by atoms with Gasteiger partial charge in [-0.3, -0.25) is 9.69 Å². The van der Waals surface area contributed by atoms with Crippen LogP contribution in [0.5, 0.6) is 0 Å². The van der Waals surface area contributed by atoms with Gasteiger partial charge in [0.15, 0.2) is 5.13 Å². The number of carbonyl (C=O) groups is 2. The van der Waals surface area contributed by atoms with Crippen molar-refractivity contribution in [1.29, 1.82) is 0 Å². The number of aromatic nitrogens is 2. The maximum absolute atomic E-state index is 13.1. The summed E-state index contributed by atoms with van der Waals surface area (Å²) in [6.45, 7) is 1.01. The molecule has 33 heavy (non-hydrogen) atoms. The molecule has 4 aromatic rings. The highest BCUT2D eigenvalue weighted by Gasteiger charge is 2.31. The molecule has 0 unspecified atom stereocenters. The summed E-state index contributed by atoms with van der Waals surface area (Å²) < 4.78 is 44.5. The number of thiazole rings is 1. The Bertz CT molecular complexity index is 1350. The zero-order valence-electron chi connectivity index (χ0n) is 16.9. The van der Waals surface area contributed by atoms with Crippen LogP contribution in [0.3, 0.4) is 0 Å². The highest BCUT2D eigenvalue weighted by atomic mass is 35.5. The molecule has 0 aliphatic rings. The maximum Gasteiger partial charge on any atom is 0.416 e. The first-order valence-electron chi connectivity index (χ1n) is 9.51. The molecule has 1 amide bonds. The second-order valence-corrected chi connectivity index (χ2v) is 8.17. The molecule has 0 bridgehead atoms. The van der Waals surface area contributed by atoms with Gasteiger partial charge in [0, 0.05) is 23.2 Å². The summed E-state index contributed by atoms with van der Waals surface area (Å²) in [4.78, 5) is 32.9. The molecule has 170 valence electrons. The molecule has 2 aromatic heterocycles. The number of para-hydroxylation sites is 1. The molecule has 0 radical (unpaired) electrons. The number of rotatable bonds is 5. The van der Waals surface area contributed by atoms with Gasteiger partial charge in [0.1, 0.15) is 12.3 Å². The number of alkyl halides is 3. The molecule has 2 aromatic carbocycles. The molecular formula is C22H15ClF3N3O3S. The Hall–Kier alpha value is -3.37. The summed E-state index contributed by atoms with van der Waals surface area (Å²) in [7, 11) is 0. The lowest BCUT2D eigenvalue weighted by atomic mass is 10.2. The fourth-order valence-corrected chi connectivity index (χ4v) is 4.33. The summed E-state index contributed by atoms with van der Waals surface area (Å²) >= 11 is 7.29. The lowest BCUT2D eigenvalue weighted by molar-refractivity contribution is -0.137. The Kier molecular flexibility index (Phi) is 6.13. The quantitative estimate of drug-likeness (QED) is 0.329. The molecule has 0 spiro atoms. The van der Waals surface area contributed by atoms with Gasteiger partial charge < -0.3 is 9.72 Å². The van der Waals surface area contributed by atoms with Crippen LogP contribution in [0, 0.1) is 0 Å². The van der Waals surface area contributed by atoms with E-state index >= 15 is 0 Å². The van der Waals surface area contributed by atoms with Crippen LogP contribution < -0.4 is 4.90 Å². The number of benzene rings is 2. The van der Waals surface area contributed by atoms with Crippen molar-refractivity contribution < 1.29 is 27.5 Å². The summed E-state index contributed by atoms with van der Waals surface area (Å²) in [6, 6.07) is 11.5. The molecule has 6 nitrogen and oxygen atoms in total. The van der Waals surface area contributed by atoms with Gasteiger partial charge in [0.2, 0.25) is 5.91 Å². The number of esters is 1. The normalized spacial score (nSPS) is 11.5. The van der Waals surface area contributed by atoms with Crippen molar-refractivity contribution in [3.63, 3.8) is 0 Å². The van der Waals surface area contributed by atoms with Crippen LogP contribution in [0.1, 0.15) is 28.7 Å². The van der Waals surface area contributed by atoms with Gasteiger partial charge >= 0.3 is 12.1 Å².